The number of carbonyl (C=O) groups is 2. The summed E-state index contributed by atoms with van der Waals surface area (Å²) in [5.41, 5.74) is -2.82. The number of hydrogen-bond acceptors (Lipinski definition) is 4. The first-order valence-electron chi connectivity index (χ1n) is 5.13. The molecule has 0 aromatic carbocycles. The molecule has 0 N–H and O–H groups in total. The van der Waals surface area contributed by atoms with Crippen molar-refractivity contribution in [1.29, 1.82) is 0 Å². The Morgan fingerprint density at radius 3 is 1.62 bits per heavy atom. The molecule has 0 rings (SSSR count). The van der Waals surface area contributed by atoms with Gasteiger partial charge in [-0.15, -0.1) is 0 Å². The number of rotatable bonds is 5. The number of hydrogen-bond donors (Lipinski definition) is 0. The minimum absolute atomic E-state index is 0. The quantitative estimate of drug-likeness (QED) is 0.470. The van der Waals surface area contributed by atoms with Crippen molar-refractivity contribution < 1.29 is 19.8 Å². The first-order valence-corrected chi connectivity index (χ1v) is 5.13. The van der Waals surface area contributed by atoms with Gasteiger partial charge in [-0.05, 0) is 11.8 Å². The molecule has 0 amide bonds. The first kappa shape index (κ1) is 18.1. The third-order valence-electron chi connectivity index (χ3n) is 2.88. The van der Waals surface area contributed by atoms with E-state index in [0.29, 0.717) is 6.42 Å². The van der Waals surface area contributed by atoms with E-state index in [0.717, 1.165) is 6.42 Å². The van der Waals surface area contributed by atoms with Crippen molar-refractivity contribution in [2.75, 3.05) is 0 Å². The average Bonchev–Trinajstić information content (AvgIpc) is 2.01. The van der Waals surface area contributed by atoms with Crippen molar-refractivity contribution in [2.24, 2.45) is 10.8 Å². The smallest absolute Gasteiger partial charge is 0.549 e. The maximum atomic E-state index is 11.1. The van der Waals surface area contributed by atoms with Crippen molar-refractivity contribution in [3.63, 3.8) is 0 Å². The van der Waals surface area contributed by atoms with Gasteiger partial charge in [0.15, 0.2) is 0 Å². The second kappa shape index (κ2) is 6.44. The number of carbonyl (C=O) groups excluding carboxylic acids is 2. The maximum absolute atomic E-state index is 11.1. The molecular formula is C11H18MgO4. The zero-order valence-corrected chi connectivity index (χ0v) is 11.9. The van der Waals surface area contributed by atoms with Crippen molar-refractivity contribution >= 4 is 35.0 Å². The summed E-state index contributed by atoms with van der Waals surface area (Å²) in [6, 6.07) is 0. The molecule has 16 heavy (non-hydrogen) atoms. The van der Waals surface area contributed by atoms with Gasteiger partial charge in [0.25, 0.3) is 0 Å². The van der Waals surface area contributed by atoms with Gasteiger partial charge in [0.05, 0.1) is 17.4 Å². The standard InChI is InChI=1S/C11H20O4.Mg/c1-5-6-7-11(8(12)13,9(14)15)10(2,3)4;/h5-7H2,1-4H3,(H,12,13)(H,14,15);/q;+2/p-2. The van der Waals surface area contributed by atoms with Crippen LogP contribution < -0.4 is 10.2 Å². The van der Waals surface area contributed by atoms with Crippen LogP contribution in [-0.4, -0.2) is 35.0 Å². The van der Waals surface area contributed by atoms with Crippen LogP contribution in [0, 0.1) is 10.8 Å². The predicted octanol–water partition coefficient (Wildman–Crippen LogP) is -0.672. The van der Waals surface area contributed by atoms with Crippen molar-refractivity contribution in [3.05, 3.63) is 0 Å². The van der Waals surface area contributed by atoms with Crippen LogP contribution >= 0.6 is 0 Å². The van der Waals surface area contributed by atoms with Crippen LogP contribution in [0.15, 0.2) is 0 Å². The molecule has 4 nitrogen and oxygen atoms in total. The number of unbranched alkanes of at least 4 members (excludes halogenated alkanes) is 1. The van der Waals surface area contributed by atoms with Crippen LogP contribution in [0.3, 0.4) is 0 Å². The molecule has 0 unspecified atom stereocenters. The zero-order chi connectivity index (χ0) is 12.3. The van der Waals surface area contributed by atoms with Gasteiger partial charge in [-0.25, -0.2) is 0 Å². The van der Waals surface area contributed by atoms with Gasteiger partial charge in [0.1, 0.15) is 0 Å². The van der Waals surface area contributed by atoms with E-state index in [1.165, 1.54) is 0 Å². The Hall–Kier alpha value is -0.294. The Bertz CT molecular complexity index is 241. The Morgan fingerprint density at radius 2 is 1.44 bits per heavy atom. The molecular weight excluding hydrogens is 220 g/mol. The molecule has 0 aliphatic heterocycles. The Balaban J connectivity index is 0. The predicted molar refractivity (Wildman–Crippen MR) is 57.2 cm³/mol. The van der Waals surface area contributed by atoms with E-state index in [4.69, 9.17) is 0 Å². The van der Waals surface area contributed by atoms with Crippen LogP contribution in [0.2, 0.25) is 0 Å². The maximum Gasteiger partial charge on any atom is 2.00 e. The molecule has 0 aromatic rings. The summed E-state index contributed by atoms with van der Waals surface area (Å²) in [5.74, 6) is -3.10. The summed E-state index contributed by atoms with van der Waals surface area (Å²) in [6.45, 7) is 6.61. The second-order valence-electron chi connectivity index (χ2n) is 4.83. The molecule has 0 spiro atoms. The molecule has 0 saturated heterocycles. The van der Waals surface area contributed by atoms with Gasteiger partial charge in [0, 0.05) is 0 Å². The molecule has 5 heteroatoms. The van der Waals surface area contributed by atoms with Gasteiger partial charge in [-0.3, -0.25) is 0 Å². The molecule has 0 bridgehead atoms. The monoisotopic (exact) mass is 238 g/mol. The fourth-order valence-corrected chi connectivity index (χ4v) is 1.72. The molecule has 0 fully saturated rings. The van der Waals surface area contributed by atoms with E-state index in [-0.39, 0.29) is 29.5 Å². The Kier molecular flexibility index (Phi) is 7.28. The van der Waals surface area contributed by atoms with E-state index in [2.05, 4.69) is 0 Å². The third-order valence-corrected chi connectivity index (χ3v) is 2.88. The minimum Gasteiger partial charge on any atom is -0.549 e. The fourth-order valence-electron chi connectivity index (χ4n) is 1.72. The molecule has 0 heterocycles. The van der Waals surface area contributed by atoms with Crippen LogP contribution in [-0.2, 0) is 9.59 Å². The minimum atomic E-state index is -1.90. The summed E-state index contributed by atoms with van der Waals surface area (Å²) in [7, 11) is 0. The van der Waals surface area contributed by atoms with Crippen LogP contribution in [0.1, 0.15) is 47.0 Å². The van der Waals surface area contributed by atoms with E-state index < -0.39 is 22.8 Å². The van der Waals surface area contributed by atoms with Crippen LogP contribution in [0.25, 0.3) is 0 Å². The molecule has 0 atom stereocenters. The second-order valence-corrected chi connectivity index (χ2v) is 4.83. The van der Waals surface area contributed by atoms with Gasteiger partial charge in [-0.2, -0.15) is 0 Å². The normalized spacial score (nSPS) is 11.8. The van der Waals surface area contributed by atoms with Crippen molar-refractivity contribution in [2.45, 2.75) is 47.0 Å². The molecule has 0 aliphatic carbocycles. The van der Waals surface area contributed by atoms with Gasteiger partial charge >= 0.3 is 23.1 Å². The van der Waals surface area contributed by atoms with Gasteiger partial charge in [-0.1, -0.05) is 40.5 Å². The molecule has 0 aliphatic rings. The topological polar surface area (TPSA) is 80.3 Å². The van der Waals surface area contributed by atoms with E-state index >= 15 is 0 Å². The van der Waals surface area contributed by atoms with E-state index in [1.54, 1.807) is 20.8 Å². The summed E-state index contributed by atoms with van der Waals surface area (Å²) in [5, 5.41) is 22.2. The number of carboxylic acid groups (broad SMARTS) is 2. The Morgan fingerprint density at radius 1 is 1.06 bits per heavy atom. The largest absolute Gasteiger partial charge is 2.00 e. The Labute approximate surface area is 113 Å². The molecule has 88 valence electrons. The number of carboxylic acids is 2. The average molecular weight is 239 g/mol. The van der Waals surface area contributed by atoms with Crippen molar-refractivity contribution in [3.8, 4) is 0 Å². The fraction of sp³-hybridized carbons (Fsp3) is 0.818. The van der Waals surface area contributed by atoms with Crippen LogP contribution in [0.4, 0.5) is 0 Å². The zero-order valence-electron chi connectivity index (χ0n) is 10.5. The SMILES string of the molecule is CCCCC(C(=O)[O-])(C(=O)[O-])C(C)(C)C.[Mg+2]. The van der Waals surface area contributed by atoms with Crippen LogP contribution in [0.5, 0.6) is 0 Å². The summed E-state index contributed by atoms with van der Waals surface area (Å²) in [6.07, 6.45) is 1.31. The van der Waals surface area contributed by atoms with Crippen molar-refractivity contribution in [1.82, 2.24) is 0 Å². The van der Waals surface area contributed by atoms with Gasteiger partial charge in [0.2, 0.25) is 0 Å². The summed E-state index contributed by atoms with van der Waals surface area (Å²) in [4.78, 5) is 22.2. The third kappa shape index (κ3) is 3.35. The van der Waals surface area contributed by atoms with Gasteiger partial charge < -0.3 is 19.8 Å². The number of aliphatic carboxylic acids is 2. The molecule has 0 saturated carbocycles. The molecule has 0 aromatic heterocycles. The molecule has 0 radical (unpaired) electrons. The van der Waals surface area contributed by atoms with E-state index in [1.807, 2.05) is 6.92 Å². The summed E-state index contributed by atoms with van der Waals surface area (Å²) >= 11 is 0. The first-order chi connectivity index (χ1) is 6.70. The van der Waals surface area contributed by atoms with E-state index in [9.17, 15) is 19.8 Å². The summed E-state index contributed by atoms with van der Waals surface area (Å²) < 4.78 is 0.